The van der Waals surface area contributed by atoms with Crippen molar-refractivity contribution in [1.82, 2.24) is 5.43 Å². The Hall–Kier alpha value is -2.24. The van der Waals surface area contributed by atoms with Gasteiger partial charge < -0.3 is 0 Å². The first-order chi connectivity index (χ1) is 7.59. The molecule has 1 aromatic rings. The molecule has 0 bridgehead atoms. The van der Waals surface area contributed by atoms with Crippen LogP contribution in [-0.2, 0) is 4.79 Å². The van der Waals surface area contributed by atoms with Crippen molar-refractivity contribution in [3.05, 3.63) is 39.9 Å². The van der Waals surface area contributed by atoms with Crippen molar-refractivity contribution in [1.29, 1.82) is 0 Å². The van der Waals surface area contributed by atoms with Crippen LogP contribution in [0.2, 0.25) is 0 Å². The number of nitro groups is 1. The molecule has 1 heterocycles. The van der Waals surface area contributed by atoms with Crippen LogP contribution in [0.4, 0.5) is 5.69 Å². The maximum atomic E-state index is 11.5. The van der Waals surface area contributed by atoms with Crippen molar-refractivity contribution in [3.63, 3.8) is 0 Å². The molecule has 0 aliphatic carbocycles. The number of rotatable bonds is 2. The zero-order valence-corrected chi connectivity index (χ0v) is 8.51. The number of hydrogen-bond acceptors (Lipinski definition) is 4. The van der Waals surface area contributed by atoms with Crippen molar-refractivity contribution in [2.45, 2.75) is 12.8 Å². The van der Waals surface area contributed by atoms with E-state index in [0.29, 0.717) is 11.3 Å². The van der Waals surface area contributed by atoms with Gasteiger partial charge in [-0.25, -0.2) is 5.43 Å². The van der Waals surface area contributed by atoms with E-state index >= 15 is 0 Å². The minimum Gasteiger partial charge on any atom is -0.272 e. The van der Waals surface area contributed by atoms with Gasteiger partial charge in [0.1, 0.15) is 5.92 Å². The maximum Gasteiger partial charge on any atom is 0.269 e. The molecule has 0 fully saturated rings. The van der Waals surface area contributed by atoms with Gasteiger partial charge >= 0.3 is 0 Å². The first kappa shape index (κ1) is 10.3. The van der Waals surface area contributed by atoms with Crippen LogP contribution >= 0.6 is 0 Å². The highest BCUT2D eigenvalue weighted by Crippen LogP contribution is 2.24. The Kier molecular flexibility index (Phi) is 2.40. The smallest absolute Gasteiger partial charge is 0.269 e. The van der Waals surface area contributed by atoms with E-state index in [0.717, 1.165) is 0 Å². The zero-order chi connectivity index (χ0) is 11.7. The van der Waals surface area contributed by atoms with Gasteiger partial charge in [-0.1, -0.05) is 12.1 Å². The fourth-order valence-electron chi connectivity index (χ4n) is 1.67. The monoisotopic (exact) mass is 219 g/mol. The first-order valence-electron chi connectivity index (χ1n) is 4.68. The molecule has 2 rings (SSSR count). The first-order valence-corrected chi connectivity index (χ1v) is 4.68. The standard InChI is InChI=1S/C10H9N3O3/c1-6-9(10(14)12-11-6)7-3-2-4-8(5-7)13(15)16/h2-5,9H,1H3,(H,12,14). The molecule has 1 amide bonds. The SMILES string of the molecule is CC1=NNC(=O)C1c1cccc([N+](=O)[O-])c1. The van der Waals surface area contributed by atoms with Gasteiger partial charge in [0, 0.05) is 12.1 Å². The normalized spacial score (nSPS) is 19.2. The van der Waals surface area contributed by atoms with Crippen LogP contribution in [0.3, 0.4) is 0 Å². The summed E-state index contributed by atoms with van der Waals surface area (Å²) in [7, 11) is 0. The molecule has 1 aromatic carbocycles. The Labute approximate surface area is 91.1 Å². The molecule has 16 heavy (non-hydrogen) atoms. The third kappa shape index (κ3) is 1.65. The van der Waals surface area contributed by atoms with Gasteiger partial charge in [-0.2, -0.15) is 5.10 Å². The Morgan fingerprint density at radius 1 is 1.50 bits per heavy atom. The average Bonchev–Trinajstić information content (AvgIpc) is 2.59. The second kappa shape index (κ2) is 3.73. The highest BCUT2D eigenvalue weighted by atomic mass is 16.6. The zero-order valence-electron chi connectivity index (χ0n) is 8.51. The molecule has 1 N–H and O–H groups in total. The van der Waals surface area contributed by atoms with E-state index in [-0.39, 0.29) is 11.6 Å². The Morgan fingerprint density at radius 3 is 2.81 bits per heavy atom. The molecule has 1 atom stereocenters. The van der Waals surface area contributed by atoms with Crippen LogP contribution in [0.15, 0.2) is 29.4 Å². The number of nitrogens with one attached hydrogen (secondary N) is 1. The lowest BCUT2D eigenvalue weighted by atomic mass is 9.95. The molecule has 82 valence electrons. The van der Waals surface area contributed by atoms with E-state index in [2.05, 4.69) is 10.5 Å². The van der Waals surface area contributed by atoms with E-state index in [1.807, 2.05) is 0 Å². The van der Waals surface area contributed by atoms with E-state index in [4.69, 9.17) is 0 Å². The van der Waals surface area contributed by atoms with Crippen molar-refractivity contribution in [2.24, 2.45) is 5.10 Å². The molecule has 0 aromatic heterocycles. The lowest BCUT2D eigenvalue weighted by molar-refractivity contribution is -0.384. The molecule has 1 unspecified atom stereocenters. The molecule has 1 aliphatic rings. The van der Waals surface area contributed by atoms with Gasteiger partial charge in [-0.15, -0.1) is 0 Å². The predicted molar refractivity (Wildman–Crippen MR) is 57.1 cm³/mol. The summed E-state index contributed by atoms with van der Waals surface area (Å²) in [5, 5.41) is 14.4. The summed E-state index contributed by atoms with van der Waals surface area (Å²) >= 11 is 0. The van der Waals surface area contributed by atoms with Gasteiger partial charge in [-0.3, -0.25) is 14.9 Å². The Morgan fingerprint density at radius 2 is 2.25 bits per heavy atom. The summed E-state index contributed by atoms with van der Waals surface area (Å²) in [6.45, 7) is 1.71. The van der Waals surface area contributed by atoms with E-state index in [1.54, 1.807) is 19.1 Å². The molecular weight excluding hydrogens is 210 g/mol. The van der Waals surface area contributed by atoms with Gasteiger partial charge in [0.15, 0.2) is 0 Å². The number of nitrogens with zero attached hydrogens (tertiary/aromatic N) is 2. The predicted octanol–water partition coefficient (Wildman–Crippen LogP) is 1.18. The minimum atomic E-state index is -0.514. The number of carbonyl (C=O) groups is 1. The van der Waals surface area contributed by atoms with Gasteiger partial charge in [0.2, 0.25) is 0 Å². The number of benzene rings is 1. The van der Waals surface area contributed by atoms with E-state index in [1.165, 1.54) is 12.1 Å². The largest absolute Gasteiger partial charge is 0.272 e. The Bertz CT molecular complexity index is 496. The van der Waals surface area contributed by atoms with Crippen LogP contribution in [0, 0.1) is 10.1 Å². The van der Waals surface area contributed by atoms with Crippen molar-refractivity contribution in [2.75, 3.05) is 0 Å². The van der Waals surface area contributed by atoms with Crippen LogP contribution in [-0.4, -0.2) is 16.5 Å². The van der Waals surface area contributed by atoms with Crippen LogP contribution in [0.1, 0.15) is 18.4 Å². The maximum absolute atomic E-state index is 11.5. The number of amides is 1. The third-order valence-electron chi connectivity index (χ3n) is 2.44. The lowest BCUT2D eigenvalue weighted by Crippen LogP contribution is -2.20. The van der Waals surface area contributed by atoms with Gasteiger partial charge in [0.25, 0.3) is 11.6 Å². The van der Waals surface area contributed by atoms with Gasteiger partial charge in [0.05, 0.1) is 10.6 Å². The molecule has 6 nitrogen and oxygen atoms in total. The lowest BCUT2D eigenvalue weighted by Gasteiger charge is -2.07. The molecule has 1 aliphatic heterocycles. The summed E-state index contributed by atoms with van der Waals surface area (Å²) < 4.78 is 0. The molecule has 0 saturated carbocycles. The molecular formula is C10H9N3O3. The topological polar surface area (TPSA) is 84.6 Å². The molecule has 0 saturated heterocycles. The third-order valence-corrected chi connectivity index (χ3v) is 2.44. The summed E-state index contributed by atoms with van der Waals surface area (Å²) in [5.41, 5.74) is 3.53. The van der Waals surface area contributed by atoms with Crippen molar-refractivity contribution < 1.29 is 9.72 Å². The fourth-order valence-corrected chi connectivity index (χ4v) is 1.67. The fraction of sp³-hybridized carbons (Fsp3) is 0.200. The van der Waals surface area contributed by atoms with Crippen LogP contribution in [0.25, 0.3) is 0 Å². The van der Waals surface area contributed by atoms with E-state index in [9.17, 15) is 14.9 Å². The second-order valence-corrected chi connectivity index (χ2v) is 3.51. The molecule has 0 spiro atoms. The van der Waals surface area contributed by atoms with Crippen LogP contribution in [0.5, 0.6) is 0 Å². The number of hydrogen-bond donors (Lipinski definition) is 1. The average molecular weight is 219 g/mol. The van der Waals surface area contributed by atoms with Crippen LogP contribution < -0.4 is 5.43 Å². The number of non-ortho nitro benzene ring substituents is 1. The summed E-state index contributed by atoms with van der Waals surface area (Å²) in [6.07, 6.45) is 0. The number of nitro benzene ring substituents is 1. The summed E-state index contributed by atoms with van der Waals surface area (Å²) in [6, 6.07) is 6.03. The highest BCUT2D eigenvalue weighted by Gasteiger charge is 2.29. The summed E-state index contributed by atoms with van der Waals surface area (Å²) in [4.78, 5) is 21.6. The van der Waals surface area contributed by atoms with Crippen molar-refractivity contribution in [3.8, 4) is 0 Å². The Balaban J connectivity index is 2.41. The second-order valence-electron chi connectivity index (χ2n) is 3.51. The number of carbonyl (C=O) groups excluding carboxylic acids is 1. The molecule has 0 radical (unpaired) electrons. The minimum absolute atomic E-state index is 0.0231. The molecule has 6 heteroatoms. The van der Waals surface area contributed by atoms with Crippen molar-refractivity contribution >= 4 is 17.3 Å². The summed E-state index contributed by atoms with van der Waals surface area (Å²) in [5.74, 6) is -0.766. The van der Waals surface area contributed by atoms with E-state index < -0.39 is 10.8 Å². The number of hydrazone groups is 1. The van der Waals surface area contributed by atoms with Gasteiger partial charge in [-0.05, 0) is 12.5 Å². The quantitative estimate of drug-likeness (QED) is 0.598. The highest BCUT2D eigenvalue weighted by molar-refractivity contribution is 6.11.